The van der Waals surface area contributed by atoms with Crippen LogP contribution < -0.4 is 11.1 Å². The molecule has 19 heavy (non-hydrogen) atoms. The molecule has 1 heterocycles. The van der Waals surface area contributed by atoms with Gasteiger partial charge in [-0.3, -0.25) is 0 Å². The minimum absolute atomic E-state index is 0.200. The average Bonchev–Trinajstić information content (AvgIpc) is 2.75. The van der Waals surface area contributed by atoms with Gasteiger partial charge in [-0.15, -0.1) is 0 Å². The Kier molecular flexibility index (Phi) is 3.99. The maximum Gasteiger partial charge on any atom is 0.125 e. The van der Waals surface area contributed by atoms with E-state index in [1.807, 2.05) is 0 Å². The van der Waals surface area contributed by atoms with Crippen LogP contribution in [0.3, 0.4) is 0 Å². The second kappa shape index (κ2) is 5.37. The van der Waals surface area contributed by atoms with Crippen molar-refractivity contribution in [2.24, 2.45) is 11.3 Å². The van der Waals surface area contributed by atoms with Crippen LogP contribution >= 0.6 is 0 Å². The molecule has 1 atom stereocenters. The molecule has 1 aromatic carbocycles. The van der Waals surface area contributed by atoms with E-state index < -0.39 is 0 Å². The van der Waals surface area contributed by atoms with Crippen molar-refractivity contribution in [3.63, 3.8) is 0 Å². The van der Waals surface area contributed by atoms with Crippen molar-refractivity contribution < 1.29 is 4.39 Å². The molecule has 0 amide bonds. The van der Waals surface area contributed by atoms with Gasteiger partial charge in [0.25, 0.3) is 0 Å². The molecule has 3 nitrogen and oxygen atoms in total. The second-order valence-corrected chi connectivity index (χ2v) is 6.32. The highest BCUT2D eigenvalue weighted by molar-refractivity contribution is 5.65. The molecule has 1 saturated heterocycles. The van der Waals surface area contributed by atoms with Crippen LogP contribution in [0.1, 0.15) is 20.3 Å². The standard InChI is InChI=1S/C15H24FN3/c1-15(2,11-6-7-19(3)9-11)10-18-14-5-4-12(16)8-13(14)17/h4-5,8,11,18H,6-7,9-10,17H2,1-3H3. The predicted molar refractivity (Wildman–Crippen MR) is 78.7 cm³/mol. The van der Waals surface area contributed by atoms with Crippen molar-refractivity contribution in [2.75, 3.05) is 37.7 Å². The molecule has 1 aromatic rings. The van der Waals surface area contributed by atoms with Gasteiger partial charge in [0.15, 0.2) is 0 Å². The molecule has 1 unspecified atom stereocenters. The quantitative estimate of drug-likeness (QED) is 0.823. The molecular formula is C15H24FN3. The molecule has 0 spiro atoms. The Morgan fingerprint density at radius 2 is 2.21 bits per heavy atom. The normalized spacial score (nSPS) is 20.7. The highest BCUT2D eigenvalue weighted by Gasteiger charge is 2.33. The summed E-state index contributed by atoms with van der Waals surface area (Å²) in [5.74, 6) is 0.395. The fourth-order valence-corrected chi connectivity index (χ4v) is 2.73. The smallest absolute Gasteiger partial charge is 0.125 e. The van der Waals surface area contributed by atoms with Gasteiger partial charge in [0.2, 0.25) is 0 Å². The lowest BCUT2D eigenvalue weighted by atomic mass is 9.78. The van der Waals surface area contributed by atoms with Crippen LogP contribution in [0.4, 0.5) is 15.8 Å². The largest absolute Gasteiger partial charge is 0.397 e. The Labute approximate surface area is 115 Å². The molecule has 0 saturated carbocycles. The molecule has 0 radical (unpaired) electrons. The third kappa shape index (κ3) is 3.38. The minimum atomic E-state index is -0.292. The fraction of sp³-hybridized carbons (Fsp3) is 0.600. The average molecular weight is 265 g/mol. The van der Waals surface area contributed by atoms with Crippen LogP contribution in [-0.4, -0.2) is 31.6 Å². The van der Waals surface area contributed by atoms with Crippen LogP contribution in [0.5, 0.6) is 0 Å². The number of benzene rings is 1. The molecular weight excluding hydrogens is 241 g/mol. The summed E-state index contributed by atoms with van der Waals surface area (Å²) in [5.41, 5.74) is 7.31. The first-order chi connectivity index (χ1) is 8.88. The molecule has 2 rings (SSSR count). The van der Waals surface area contributed by atoms with Gasteiger partial charge >= 0.3 is 0 Å². The van der Waals surface area contributed by atoms with Crippen molar-refractivity contribution in [1.29, 1.82) is 0 Å². The van der Waals surface area contributed by atoms with Crippen molar-refractivity contribution in [3.05, 3.63) is 24.0 Å². The molecule has 106 valence electrons. The number of rotatable bonds is 4. The SMILES string of the molecule is CN1CCC(C(C)(C)CNc2ccc(F)cc2N)C1. The Hall–Kier alpha value is -1.29. The number of anilines is 2. The van der Waals surface area contributed by atoms with Crippen LogP contribution in [0.15, 0.2) is 18.2 Å². The van der Waals surface area contributed by atoms with Crippen LogP contribution in [0, 0.1) is 17.2 Å². The molecule has 0 aliphatic carbocycles. The number of nitrogens with two attached hydrogens (primary N) is 1. The van der Waals surface area contributed by atoms with E-state index in [2.05, 4.69) is 31.1 Å². The van der Waals surface area contributed by atoms with Gasteiger partial charge in [-0.2, -0.15) is 0 Å². The molecule has 4 heteroatoms. The van der Waals surface area contributed by atoms with Gasteiger partial charge in [-0.1, -0.05) is 13.8 Å². The number of nitrogens with zero attached hydrogens (tertiary/aromatic N) is 1. The van der Waals surface area contributed by atoms with Crippen molar-refractivity contribution in [1.82, 2.24) is 4.90 Å². The third-order valence-corrected chi connectivity index (χ3v) is 4.24. The summed E-state index contributed by atoms with van der Waals surface area (Å²) >= 11 is 0. The summed E-state index contributed by atoms with van der Waals surface area (Å²) in [7, 11) is 2.17. The Morgan fingerprint density at radius 3 is 2.79 bits per heavy atom. The molecule has 3 N–H and O–H groups in total. The minimum Gasteiger partial charge on any atom is -0.397 e. The zero-order chi connectivity index (χ0) is 14.0. The first-order valence-corrected chi connectivity index (χ1v) is 6.86. The lowest BCUT2D eigenvalue weighted by Gasteiger charge is -2.32. The highest BCUT2D eigenvalue weighted by Crippen LogP contribution is 2.34. The Morgan fingerprint density at radius 1 is 1.47 bits per heavy atom. The summed E-state index contributed by atoms with van der Waals surface area (Å²) in [6.07, 6.45) is 1.24. The number of nitrogen functional groups attached to an aromatic ring is 1. The van der Waals surface area contributed by atoms with E-state index in [1.165, 1.54) is 25.1 Å². The summed E-state index contributed by atoms with van der Waals surface area (Å²) in [4.78, 5) is 2.37. The lowest BCUT2D eigenvalue weighted by Crippen LogP contribution is -2.33. The van der Waals surface area contributed by atoms with Crippen LogP contribution in [0.2, 0.25) is 0 Å². The van der Waals surface area contributed by atoms with Gasteiger partial charge in [0.05, 0.1) is 11.4 Å². The maximum absolute atomic E-state index is 13.0. The number of nitrogens with one attached hydrogen (secondary N) is 1. The van der Waals surface area contributed by atoms with Crippen LogP contribution in [0.25, 0.3) is 0 Å². The van der Waals surface area contributed by atoms with Gasteiger partial charge in [0, 0.05) is 13.1 Å². The van der Waals surface area contributed by atoms with E-state index in [4.69, 9.17) is 5.73 Å². The highest BCUT2D eigenvalue weighted by atomic mass is 19.1. The number of halogens is 1. The fourth-order valence-electron chi connectivity index (χ4n) is 2.73. The monoisotopic (exact) mass is 265 g/mol. The van der Waals surface area contributed by atoms with Gasteiger partial charge in [-0.05, 0) is 49.5 Å². The van der Waals surface area contributed by atoms with Crippen molar-refractivity contribution in [3.8, 4) is 0 Å². The number of hydrogen-bond acceptors (Lipinski definition) is 3. The third-order valence-electron chi connectivity index (χ3n) is 4.24. The Bertz CT molecular complexity index is 445. The van der Waals surface area contributed by atoms with Gasteiger partial charge in [0.1, 0.15) is 5.82 Å². The molecule has 1 aliphatic rings. The van der Waals surface area contributed by atoms with Gasteiger partial charge in [-0.25, -0.2) is 4.39 Å². The zero-order valence-corrected chi connectivity index (χ0v) is 12.0. The molecule has 0 bridgehead atoms. The number of likely N-dealkylation sites (tertiary alicyclic amines) is 1. The lowest BCUT2D eigenvalue weighted by molar-refractivity contribution is 0.231. The summed E-state index contributed by atoms with van der Waals surface area (Å²) in [5, 5.41) is 3.36. The molecule has 0 aromatic heterocycles. The Balaban J connectivity index is 1.97. The number of hydrogen-bond donors (Lipinski definition) is 2. The van der Waals surface area contributed by atoms with E-state index in [0.29, 0.717) is 11.6 Å². The molecule has 1 aliphatic heterocycles. The van der Waals surface area contributed by atoms with E-state index >= 15 is 0 Å². The second-order valence-electron chi connectivity index (χ2n) is 6.32. The summed E-state index contributed by atoms with van der Waals surface area (Å²) < 4.78 is 13.0. The van der Waals surface area contributed by atoms with Crippen molar-refractivity contribution in [2.45, 2.75) is 20.3 Å². The van der Waals surface area contributed by atoms with Crippen molar-refractivity contribution >= 4 is 11.4 Å². The first kappa shape index (κ1) is 14.1. The van der Waals surface area contributed by atoms with Gasteiger partial charge < -0.3 is 16.0 Å². The first-order valence-electron chi connectivity index (χ1n) is 6.86. The molecule has 1 fully saturated rings. The topological polar surface area (TPSA) is 41.3 Å². The summed E-state index contributed by atoms with van der Waals surface area (Å²) in [6, 6.07) is 4.51. The predicted octanol–water partition coefficient (Wildman–Crippen LogP) is 2.80. The van der Waals surface area contributed by atoms with E-state index in [-0.39, 0.29) is 11.2 Å². The zero-order valence-electron chi connectivity index (χ0n) is 12.0. The summed E-state index contributed by atoms with van der Waals surface area (Å²) in [6.45, 7) is 7.73. The van der Waals surface area contributed by atoms with E-state index in [1.54, 1.807) is 6.07 Å². The van der Waals surface area contributed by atoms with E-state index in [9.17, 15) is 4.39 Å². The van der Waals surface area contributed by atoms with Crippen LogP contribution in [-0.2, 0) is 0 Å². The van der Waals surface area contributed by atoms with E-state index in [0.717, 1.165) is 18.8 Å². The maximum atomic E-state index is 13.0.